The number of hydrogen-bond donors (Lipinski definition) is 2. The Morgan fingerprint density at radius 1 is 1.44 bits per heavy atom. The number of benzene rings is 1. The van der Waals surface area contributed by atoms with Gasteiger partial charge < -0.3 is 9.84 Å². The van der Waals surface area contributed by atoms with E-state index in [1.54, 1.807) is 18.5 Å². The molecule has 2 N–H and O–H groups in total. The summed E-state index contributed by atoms with van der Waals surface area (Å²) < 4.78 is 4.86. The second kappa shape index (κ2) is 7.58. The van der Waals surface area contributed by atoms with Crippen LogP contribution >= 0.6 is 23.2 Å². The molecule has 1 aromatic carbocycles. The van der Waals surface area contributed by atoms with E-state index in [0.717, 1.165) is 0 Å². The van der Waals surface area contributed by atoms with Gasteiger partial charge in [0.1, 0.15) is 5.75 Å². The number of aromatic amines is 1. The number of aliphatic carboxylic acids is 1. The van der Waals surface area contributed by atoms with Crippen LogP contribution in [-0.4, -0.2) is 27.9 Å². The van der Waals surface area contributed by atoms with Gasteiger partial charge in [0.15, 0.2) is 6.61 Å². The minimum Gasteiger partial charge on any atom is -0.480 e. The molecule has 0 aliphatic rings. The lowest BCUT2D eigenvalue weighted by atomic mass is 10.3. The highest BCUT2D eigenvalue weighted by molar-refractivity contribution is 6.35. The molecule has 96 valence electrons. The van der Waals surface area contributed by atoms with Crippen LogP contribution in [0.15, 0.2) is 36.7 Å². The smallest absolute Gasteiger partial charge is 0.341 e. The highest BCUT2D eigenvalue weighted by atomic mass is 35.5. The van der Waals surface area contributed by atoms with Gasteiger partial charge in [-0.05, 0) is 24.3 Å². The first-order valence-electron chi connectivity index (χ1n) is 4.83. The third-order valence-corrected chi connectivity index (χ3v) is 2.18. The summed E-state index contributed by atoms with van der Waals surface area (Å²) in [5, 5.41) is 15.3. The average Bonchev–Trinajstić information content (AvgIpc) is 2.86. The standard InChI is InChI=1S/C8H6Cl2O3.C3H4N2/c9-5-1-2-7(6(10)3-5)13-4-8(11)12;1-2-4-5-3-1/h1-3H,4H2,(H,11,12);1-3H,(H,4,5). The lowest BCUT2D eigenvalue weighted by Crippen LogP contribution is -2.09. The lowest BCUT2D eigenvalue weighted by molar-refractivity contribution is -0.139. The Morgan fingerprint density at radius 3 is 2.67 bits per heavy atom. The number of rotatable bonds is 3. The second-order valence-electron chi connectivity index (χ2n) is 3.02. The molecule has 0 fully saturated rings. The molecular formula is C11H10Cl2N2O3. The van der Waals surface area contributed by atoms with E-state index in [4.69, 9.17) is 33.0 Å². The largest absolute Gasteiger partial charge is 0.480 e. The van der Waals surface area contributed by atoms with Crippen molar-refractivity contribution in [3.05, 3.63) is 46.7 Å². The van der Waals surface area contributed by atoms with Crippen molar-refractivity contribution in [2.24, 2.45) is 0 Å². The normalized spacial score (nSPS) is 9.22. The Morgan fingerprint density at radius 2 is 2.22 bits per heavy atom. The quantitative estimate of drug-likeness (QED) is 0.911. The van der Waals surface area contributed by atoms with Crippen LogP contribution in [0.2, 0.25) is 10.0 Å². The van der Waals surface area contributed by atoms with Crippen molar-refractivity contribution >= 4 is 29.2 Å². The van der Waals surface area contributed by atoms with Gasteiger partial charge in [-0.25, -0.2) is 4.79 Å². The highest BCUT2D eigenvalue weighted by Gasteiger charge is 2.04. The molecular weight excluding hydrogens is 279 g/mol. The van der Waals surface area contributed by atoms with Crippen molar-refractivity contribution in [2.45, 2.75) is 0 Å². The monoisotopic (exact) mass is 288 g/mol. The number of ether oxygens (including phenoxy) is 1. The van der Waals surface area contributed by atoms with Gasteiger partial charge in [-0.3, -0.25) is 5.10 Å². The third kappa shape index (κ3) is 5.56. The summed E-state index contributed by atoms with van der Waals surface area (Å²) in [6, 6.07) is 6.42. The second-order valence-corrected chi connectivity index (χ2v) is 3.87. The Hall–Kier alpha value is -1.72. The topological polar surface area (TPSA) is 75.2 Å². The first kappa shape index (κ1) is 14.3. The SMILES string of the molecule is O=C(O)COc1ccc(Cl)cc1Cl.c1cn[nH]c1. The Labute approximate surface area is 113 Å². The number of halogens is 2. The van der Waals surface area contributed by atoms with E-state index >= 15 is 0 Å². The number of carboxylic acid groups (broad SMARTS) is 1. The summed E-state index contributed by atoms with van der Waals surface area (Å²) in [7, 11) is 0. The average molecular weight is 289 g/mol. The zero-order chi connectivity index (χ0) is 13.4. The molecule has 0 saturated carbocycles. The van der Waals surface area contributed by atoms with Gasteiger partial charge in [0.25, 0.3) is 0 Å². The van der Waals surface area contributed by atoms with Crippen molar-refractivity contribution in [3.8, 4) is 5.75 Å². The molecule has 0 unspecified atom stereocenters. The van der Waals surface area contributed by atoms with Crippen molar-refractivity contribution in [1.82, 2.24) is 10.2 Å². The van der Waals surface area contributed by atoms with Gasteiger partial charge in [-0.1, -0.05) is 23.2 Å². The maximum absolute atomic E-state index is 10.2. The van der Waals surface area contributed by atoms with E-state index in [2.05, 4.69) is 10.2 Å². The Kier molecular flexibility index (Phi) is 6.04. The summed E-state index contributed by atoms with van der Waals surface area (Å²) in [6.07, 6.45) is 3.46. The van der Waals surface area contributed by atoms with Gasteiger partial charge in [0, 0.05) is 17.4 Å². The number of nitrogens with one attached hydrogen (secondary N) is 1. The summed E-state index contributed by atoms with van der Waals surface area (Å²) in [5.74, 6) is -0.737. The third-order valence-electron chi connectivity index (χ3n) is 1.65. The van der Waals surface area contributed by atoms with E-state index in [0.29, 0.717) is 15.8 Å². The molecule has 2 aromatic rings. The molecule has 1 aromatic heterocycles. The predicted octanol–water partition coefficient (Wildman–Crippen LogP) is 2.87. The van der Waals surface area contributed by atoms with E-state index in [9.17, 15) is 4.79 Å². The number of hydrogen-bond acceptors (Lipinski definition) is 3. The Balaban J connectivity index is 0.000000269. The fourth-order valence-electron chi connectivity index (χ4n) is 0.947. The van der Waals surface area contributed by atoms with E-state index in [-0.39, 0.29) is 0 Å². The van der Waals surface area contributed by atoms with Crippen LogP contribution in [0.3, 0.4) is 0 Å². The molecule has 7 heteroatoms. The van der Waals surface area contributed by atoms with Crippen LogP contribution in [0, 0.1) is 0 Å². The van der Waals surface area contributed by atoms with Gasteiger partial charge in [-0.15, -0.1) is 0 Å². The highest BCUT2D eigenvalue weighted by Crippen LogP contribution is 2.27. The molecule has 0 aliphatic carbocycles. The molecule has 18 heavy (non-hydrogen) atoms. The molecule has 0 amide bonds. The molecule has 5 nitrogen and oxygen atoms in total. The molecule has 0 atom stereocenters. The summed E-state index contributed by atoms with van der Waals surface area (Å²) in [5.41, 5.74) is 0. The van der Waals surface area contributed by atoms with Crippen LogP contribution in [-0.2, 0) is 4.79 Å². The maximum Gasteiger partial charge on any atom is 0.341 e. The van der Waals surface area contributed by atoms with Crippen LogP contribution in [0.4, 0.5) is 0 Å². The maximum atomic E-state index is 10.2. The van der Waals surface area contributed by atoms with Gasteiger partial charge in [0.2, 0.25) is 0 Å². The van der Waals surface area contributed by atoms with Crippen LogP contribution in [0.5, 0.6) is 5.75 Å². The molecule has 0 aliphatic heterocycles. The molecule has 0 saturated heterocycles. The van der Waals surface area contributed by atoms with Gasteiger partial charge >= 0.3 is 5.97 Å². The van der Waals surface area contributed by atoms with Crippen LogP contribution < -0.4 is 4.74 Å². The number of H-pyrrole nitrogens is 1. The van der Waals surface area contributed by atoms with Crippen molar-refractivity contribution in [2.75, 3.05) is 6.61 Å². The number of aromatic nitrogens is 2. The molecule has 0 spiro atoms. The first-order chi connectivity index (χ1) is 8.59. The summed E-state index contributed by atoms with van der Waals surface area (Å²) in [6.45, 7) is -0.415. The van der Waals surface area contributed by atoms with Crippen LogP contribution in [0.25, 0.3) is 0 Å². The molecule has 2 rings (SSSR count). The van der Waals surface area contributed by atoms with E-state index in [1.807, 2.05) is 6.07 Å². The predicted molar refractivity (Wildman–Crippen MR) is 68.2 cm³/mol. The van der Waals surface area contributed by atoms with Crippen molar-refractivity contribution in [1.29, 1.82) is 0 Å². The van der Waals surface area contributed by atoms with Gasteiger partial charge in [-0.2, -0.15) is 5.10 Å². The van der Waals surface area contributed by atoms with E-state index < -0.39 is 12.6 Å². The van der Waals surface area contributed by atoms with E-state index in [1.165, 1.54) is 12.1 Å². The number of carboxylic acids is 1. The Bertz CT molecular complexity index is 472. The molecule has 1 heterocycles. The van der Waals surface area contributed by atoms with Gasteiger partial charge in [0.05, 0.1) is 5.02 Å². The fourth-order valence-corrected chi connectivity index (χ4v) is 1.41. The number of carbonyl (C=O) groups is 1. The zero-order valence-electron chi connectivity index (χ0n) is 9.14. The minimum absolute atomic E-state index is 0.300. The summed E-state index contributed by atoms with van der Waals surface area (Å²) in [4.78, 5) is 10.2. The minimum atomic E-state index is -1.05. The molecule has 0 radical (unpaired) electrons. The number of nitrogens with zero attached hydrogens (tertiary/aromatic N) is 1. The first-order valence-corrected chi connectivity index (χ1v) is 5.58. The summed E-state index contributed by atoms with van der Waals surface area (Å²) >= 11 is 11.3. The zero-order valence-corrected chi connectivity index (χ0v) is 10.6. The lowest BCUT2D eigenvalue weighted by Gasteiger charge is -2.04. The van der Waals surface area contributed by atoms with Crippen LogP contribution in [0.1, 0.15) is 0 Å². The fraction of sp³-hybridized carbons (Fsp3) is 0.0909. The van der Waals surface area contributed by atoms with Crippen molar-refractivity contribution in [3.63, 3.8) is 0 Å². The van der Waals surface area contributed by atoms with Crippen molar-refractivity contribution < 1.29 is 14.6 Å². The molecule has 0 bridgehead atoms.